The number of phenols is 4. The third-order valence-corrected chi connectivity index (χ3v) is 4.21. The molecule has 0 aliphatic heterocycles. The first-order valence-electron chi connectivity index (χ1n) is 8.32. The van der Waals surface area contributed by atoms with Crippen LogP contribution in [0.15, 0.2) is 36.4 Å². The van der Waals surface area contributed by atoms with E-state index in [0.717, 1.165) is 24.0 Å². The summed E-state index contributed by atoms with van der Waals surface area (Å²) in [5.74, 6) is 1.28. The number of aromatic hydroxyl groups is 4. The van der Waals surface area contributed by atoms with Crippen LogP contribution in [0.5, 0.6) is 23.0 Å². The molecule has 2 radical (unpaired) electrons. The summed E-state index contributed by atoms with van der Waals surface area (Å²) < 4.78 is 0. The molecule has 0 bridgehead atoms. The largest absolute Gasteiger partial charge is 0.508 e. The van der Waals surface area contributed by atoms with Gasteiger partial charge in [-0.3, -0.25) is 0 Å². The van der Waals surface area contributed by atoms with Gasteiger partial charge in [0.2, 0.25) is 0 Å². The predicted molar refractivity (Wildman–Crippen MR) is 97.0 cm³/mol. The molecule has 4 nitrogen and oxygen atoms in total. The van der Waals surface area contributed by atoms with E-state index < -0.39 is 0 Å². The van der Waals surface area contributed by atoms with Crippen LogP contribution in [0.2, 0.25) is 0 Å². The van der Waals surface area contributed by atoms with Crippen molar-refractivity contribution in [3.05, 3.63) is 47.5 Å². The number of phenolic OH excluding ortho intramolecular Hbond substituents is 4. The van der Waals surface area contributed by atoms with Crippen LogP contribution >= 0.6 is 0 Å². The van der Waals surface area contributed by atoms with Crippen LogP contribution in [0.4, 0.5) is 0 Å². The summed E-state index contributed by atoms with van der Waals surface area (Å²) in [6, 6.07) is 9.43. The van der Waals surface area contributed by atoms with Crippen molar-refractivity contribution in [2.45, 2.75) is 52.4 Å². The van der Waals surface area contributed by atoms with E-state index in [-0.39, 0.29) is 111 Å². The Bertz CT molecular complexity index is 564. The summed E-state index contributed by atoms with van der Waals surface area (Å²) in [7, 11) is 0. The van der Waals surface area contributed by atoms with Gasteiger partial charge in [0.15, 0.2) is 0 Å². The third-order valence-electron chi connectivity index (χ3n) is 4.21. The second kappa shape index (κ2) is 14.5. The van der Waals surface area contributed by atoms with Crippen LogP contribution in [0.1, 0.15) is 63.5 Å². The van der Waals surface area contributed by atoms with Crippen LogP contribution in [-0.4, -0.2) is 20.4 Å². The Morgan fingerprint density at radius 1 is 0.577 bits per heavy atom. The molecular weight excluding hydrogens is 758 g/mol. The smallest absolute Gasteiger partial charge is 0.119 e. The van der Waals surface area contributed by atoms with Crippen molar-refractivity contribution in [3.63, 3.8) is 0 Å². The molecule has 0 amide bonds. The van der Waals surface area contributed by atoms with Crippen LogP contribution < -0.4 is 0 Å². The molecule has 0 saturated carbocycles. The third kappa shape index (κ3) is 10.2. The minimum absolute atomic E-state index is 0. The quantitative estimate of drug-likeness (QED) is 0.343. The molecule has 2 aromatic rings. The van der Waals surface area contributed by atoms with E-state index >= 15 is 0 Å². The zero-order valence-electron chi connectivity index (χ0n) is 16.0. The van der Waals surface area contributed by atoms with Crippen molar-refractivity contribution in [1.29, 1.82) is 0 Å². The van der Waals surface area contributed by atoms with Crippen molar-refractivity contribution in [2.75, 3.05) is 0 Å². The van der Waals surface area contributed by atoms with Gasteiger partial charge >= 0.3 is 0 Å². The fourth-order valence-electron chi connectivity index (χ4n) is 2.28. The second-order valence-corrected chi connectivity index (χ2v) is 6.18. The number of hydrogen-bond acceptors (Lipinski definition) is 4. The molecule has 2 rings (SSSR count). The van der Waals surface area contributed by atoms with Gasteiger partial charge in [0, 0.05) is 100 Å². The molecule has 6 heteroatoms. The number of hydrogen-bond donors (Lipinski definition) is 4. The Kier molecular flexibility index (Phi) is 16.0. The summed E-state index contributed by atoms with van der Waals surface area (Å²) in [5, 5.41) is 36.7. The normalized spacial score (nSPS) is 11.8. The standard InChI is InChI=1S/2C10H14O2.2Ac/c2*1-3-7(2)8-4-9(11)6-10(12)5-8;;/h2*4-7,11-12H,3H2,1-2H3;;. The predicted octanol–water partition coefficient (Wildman–Crippen LogP) is 5.22. The number of rotatable bonds is 4. The van der Waals surface area contributed by atoms with Crippen LogP contribution in [-0.2, 0) is 0 Å². The van der Waals surface area contributed by atoms with E-state index in [1.54, 1.807) is 24.3 Å². The van der Waals surface area contributed by atoms with Gasteiger partial charge in [0.25, 0.3) is 0 Å². The van der Waals surface area contributed by atoms with E-state index in [2.05, 4.69) is 27.7 Å². The monoisotopic (exact) mass is 786 g/mol. The second-order valence-electron chi connectivity index (χ2n) is 6.18. The topological polar surface area (TPSA) is 80.9 Å². The van der Waals surface area contributed by atoms with Crippen LogP contribution in [0.3, 0.4) is 0 Å². The van der Waals surface area contributed by atoms with Crippen LogP contribution in [0.25, 0.3) is 0 Å². The Morgan fingerprint density at radius 2 is 0.808 bits per heavy atom. The number of benzene rings is 2. The van der Waals surface area contributed by atoms with Crippen molar-refractivity contribution < 1.29 is 109 Å². The molecule has 0 aromatic heterocycles. The zero-order valence-corrected chi connectivity index (χ0v) is 25.5. The van der Waals surface area contributed by atoms with Gasteiger partial charge < -0.3 is 20.4 Å². The summed E-state index contributed by atoms with van der Waals surface area (Å²) in [6.45, 7) is 8.28. The van der Waals surface area contributed by atoms with Crippen molar-refractivity contribution in [3.8, 4) is 23.0 Å². The van der Waals surface area contributed by atoms with Gasteiger partial charge in [-0.1, -0.05) is 27.7 Å². The van der Waals surface area contributed by atoms with E-state index in [0.29, 0.717) is 11.8 Å². The van der Waals surface area contributed by atoms with Crippen molar-refractivity contribution in [1.82, 2.24) is 0 Å². The molecule has 0 fully saturated rings. The first-order valence-corrected chi connectivity index (χ1v) is 8.32. The summed E-state index contributed by atoms with van der Waals surface area (Å²) in [6.07, 6.45) is 2.01. The average molecular weight is 786 g/mol. The molecule has 2 atom stereocenters. The molecule has 0 aliphatic carbocycles. The molecule has 138 valence electrons. The zero-order chi connectivity index (χ0) is 18.3. The Labute approximate surface area is 228 Å². The summed E-state index contributed by atoms with van der Waals surface area (Å²) >= 11 is 0. The van der Waals surface area contributed by atoms with Crippen LogP contribution in [0, 0.1) is 88.1 Å². The van der Waals surface area contributed by atoms with E-state index in [9.17, 15) is 20.4 Å². The molecule has 4 N–H and O–H groups in total. The Morgan fingerprint density at radius 3 is 1.00 bits per heavy atom. The Hall–Kier alpha value is 0.523. The fraction of sp³-hybridized carbons (Fsp3) is 0.400. The Balaban J connectivity index is 0. The van der Waals surface area contributed by atoms with Gasteiger partial charge in [-0.05, 0) is 60.1 Å². The molecule has 0 heterocycles. The van der Waals surface area contributed by atoms with Crippen molar-refractivity contribution in [2.24, 2.45) is 0 Å². The molecule has 0 spiro atoms. The van der Waals surface area contributed by atoms with E-state index in [4.69, 9.17) is 0 Å². The first kappa shape index (κ1) is 28.7. The molecule has 0 saturated heterocycles. The molecule has 26 heavy (non-hydrogen) atoms. The maximum atomic E-state index is 9.18. The van der Waals surface area contributed by atoms with E-state index in [1.807, 2.05) is 0 Å². The molecular formula is C20H28Ac2O4. The SMILES string of the molecule is CCC(C)c1cc(O)cc(O)c1.CCC(C)c1cc(O)cc(O)c1.[Ac].[Ac]. The maximum Gasteiger partial charge on any atom is 0.119 e. The van der Waals surface area contributed by atoms with Gasteiger partial charge in [-0.2, -0.15) is 0 Å². The van der Waals surface area contributed by atoms with Gasteiger partial charge in [-0.25, -0.2) is 0 Å². The molecule has 2 aromatic carbocycles. The average Bonchev–Trinajstić information content (AvgIpc) is 2.52. The minimum atomic E-state index is 0. The summed E-state index contributed by atoms with van der Waals surface area (Å²) in [4.78, 5) is 0. The van der Waals surface area contributed by atoms with Gasteiger partial charge in [0.05, 0.1) is 0 Å². The van der Waals surface area contributed by atoms with Gasteiger partial charge in [0.1, 0.15) is 23.0 Å². The first-order chi connectivity index (χ1) is 11.3. The molecule has 2 unspecified atom stereocenters. The maximum absolute atomic E-state index is 9.18. The van der Waals surface area contributed by atoms with E-state index in [1.165, 1.54) is 12.1 Å². The summed E-state index contributed by atoms with van der Waals surface area (Å²) in [5.41, 5.74) is 1.96. The molecule has 0 aliphatic rings. The minimum Gasteiger partial charge on any atom is -0.508 e. The van der Waals surface area contributed by atoms with Crippen molar-refractivity contribution >= 4 is 0 Å². The fourth-order valence-corrected chi connectivity index (χ4v) is 2.28. The van der Waals surface area contributed by atoms with Gasteiger partial charge in [-0.15, -0.1) is 0 Å².